The molecule has 2 aromatic rings. The number of quaternary nitrogens is 1. The van der Waals surface area contributed by atoms with Gasteiger partial charge in [-0.3, -0.25) is 14.5 Å². The van der Waals surface area contributed by atoms with E-state index in [-0.39, 0.29) is 28.5 Å². The molecule has 7 nitrogen and oxygen atoms in total. The van der Waals surface area contributed by atoms with Crippen LogP contribution < -0.4 is 32.3 Å². The standard InChI is InChI=1S/C24H24N4O3S.BrH/c1-17-6-5-7-18(14-17)15-21-23(30)28(19-8-3-2-4-9-19)24(32-21)20(16-25)22(29)26-27-10-12-31-13-11-27;/h2-9,14,21H,10-13,15H2,1H3,(H,26,29);1H. The van der Waals surface area contributed by atoms with Gasteiger partial charge in [0.2, 0.25) is 5.91 Å². The summed E-state index contributed by atoms with van der Waals surface area (Å²) in [6, 6.07) is 19.3. The number of thioether (sulfide) groups is 1. The fourth-order valence-electron chi connectivity index (χ4n) is 3.82. The van der Waals surface area contributed by atoms with E-state index in [0.29, 0.717) is 43.4 Å². The van der Waals surface area contributed by atoms with E-state index in [2.05, 4.69) is 17.6 Å². The number of benzene rings is 2. The van der Waals surface area contributed by atoms with Gasteiger partial charge in [-0.15, -0.1) is 0 Å². The van der Waals surface area contributed by atoms with E-state index in [4.69, 9.17) is 4.74 Å². The number of amides is 2. The minimum absolute atomic E-state index is 0. The first-order valence-electron chi connectivity index (χ1n) is 10.6. The molecule has 0 aliphatic carbocycles. The summed E-state index contributed by atoms with van der Waals surface area (Å²) in [5.41, 5.74) is 5.64. The van der Waals surface area contributed by atoms with Crippen molar-refractivity contribution in [2.45, 2.75) is 18.6 Å². The monoisotopic (exact) mass is 528 g/mol. The molecule has 0 bridgehead atoms. The number of para-hydroxylation sites is 1. The maximum absolute atomic E-state index is 13.4. The number of halogens is 1. The number of hydrogen-bond acceptors (Lipinski definition) is 5. The van der Waals surface area contributed by atoms with E-state index in [1.54, 1.807) is 0 Å². The second kappa shape index (κ2) is 11.5. The molecule has 172 valence electrons. The fraction of sp³-hybridized carbons (Fsp3) is 0.292. The Bertz CT molecular complexity index is 1080. The van der Waals surface area contributed by atoms with Gasteiger partial charge in [0.05, 0.1) is 18.5 Å². The normalized spacial score (nSPS) is 20.1. The molecule has 2 fully saturated rings. The lowest BCUT2D eigenvalue weighted by atomic mass is 10.1. The van der Waals surface area contributed by atoms with Gasteiger partial charge in [0, 0.05) is 5.69 Å². The zero-order chi connectivity index (χ0) is 22.5. The highest BCUT2D eigenvalue weighted by Gasteiger charge is 2.41. The van der Waals surface area contributed by atoms with Crippen LogP contribution in [0, 0.1) is 18.3 Å². The van der Waals surface area contributed by atoms with E-state index >= 15 is 0 Å². The Morgan fingerprint density at radius 2 is 1.94 bits per heavy atom. The van der Waals surface area contributed by atoms with Gasteiger partial charge in [-0.05, 0) is 31.0 Å². The number of aryl methyl sites for hydroxylation is 1. The highest BCUT2D eigenvalue weighted by atomic mass is 79.9. The molecular formula is C24H25BrN4O3S. The Morgan fingerprint density at radius 1 is 1.21 bits per heavy atom. The second-order valence-corrected chi connectivity index (χ2v) is 8.96. The van der Waals surface area contributed by atoms with Crippen molar-refractivity contribution in [2.24, 2.45) is 0 Å². The van der Waals surface area contributed by atoms with E-state index in [1.807, 2.05) is 55.5 Å². The van der Waals surface area contributed by atoms with E-state index < -0.39 is 11.2 Å². The number of carbonyl (C=O) groups is 2. The summed E-state index contributed by atoms with van der Waals surface area (Å²) in [6.07, 6.45) is 0.521. The lowest BCUT2D eigenvalue weighted by Gasteiger charge is -2.24. The SMILES string of the molecule is Cc1cccc(CC2SC(=C(C#N)C(=O)N[NH+]3CCOCC3)N(c3ccccc3)C2=O)c1.[Br-]. The number of carbonyl (C=O) groups excluding carboxylic acids is 2. The van der Waals surface area contributed by atoms with Gasteiger partial charge in [-0.25, -0.2) is 5.01 Å². The predicted octanol–water partition coefficient (Wildman–Crippen LogP) is -1.63. The summed E-state index contributed by atoms with van der Waals surface area (Å²) in [5.74, 6) is -0.603. The smallest absolute Gasteiger partial charge is 0.309 e. The molecule has 2 heterocycles. The van der Waals surface area contributed by atoms with Crippen molar-refractivity contribution < 1.29 is 36.3 Å². The van der Waals surface area contributed by atoms with Crippen molar-refractivity contribution in [1.82, 2.24) is 5.43 Å². The molecule has 33 heavy (non-hydrogen) atoms. The number of rotatable bonds is 5. The maximum atomic E-state index is 13.4. The van der Waals surface area contributed by atoms with Crippen molar-refractivity contribution >= 4 is 29.3 Å². The second-order valence-electron chi connectivity index (χ2n) is 7.77. The molecule has 2 aliphatic heterocycles. The molecule has 2 saturated heterocycles. The van der Waals surface area contributed by atoms with Crippen LogP contribution in [0.25, 0.3) is 0 Å². The quantitative estimate of drug-likeness (QED) is 0.359. The average Bonchev–Trinajstić information content (AvgIpc) is 3.11. The first-order chi connectivity index (χ1) is 15.6. The van der Waals surface area contributed by atoms with Gasteiger partial charge in [0.1, 0.15) is 24.2 Å². The Hall–Kier alpha value is -2.64. The topological polar surface area (TPSA) is 86.9 Å². The third kappa shape index (κ3) is 5.84. The van der Waals surface area contributed by atoms with E-state index in [9.17, 15) is 14.9 Å². The predicted molar refractivity (Wildman–Crippen MR) is 122 cm³/mol. The molecule has 2 aliphatic rings. The molecule has 0 aromatic heterocycles. The fourth-order valence-corrected chi connectivity index (χ4v) is 5.13. The molecule has 2 amide bonds. The minimum atomic E-state index is -0.475. The zero-order valence-electron chi connectivity index (χ0n) is 18.2. The number of anilines is 1. The Balaban J connectivity index is 0.00000306. The molecule has 9 heteroatoms. The van der Waals surface area contributed by atoms with E-state index in [0.717, 1.165) is 16.1 Å². The lowest BCUT2D eigenvalue weighted by molar-refractivity contribution is -0.943. The van der Waals surface area contributed by atoms with Crippen LogP contribution in [0.2, 0.25) is 0 Å². The summed E-state index contributed by atoms with van der Waals surface area (Å²) in [5, 5.41) is 10.7. The van der Waals surface area contributed by atoms with Gasteiger partial charge < -0.3 is 21.7 Å². The Morgan fingerprint density at radius 3 is 2.61 bits per heavy atom. The average molecular weight is 529 g/mol. The summed E-state index contributed by atoms with van der Waals surface area (Å²) in [7, 11) is 0. The van der Waals surface area contributed by atoms with Crippen molar-refractivity contribution in [3.63, 3.8) is 0 Å². The van der Waals surface area contributed by atoms with Crippen LogP contribution in [0.1, 0.15) is 11.1 Å². The van der Waals surface area contributed by atoms with Crippen LogP contribution >= 0.6 is 11.8 Å². The van der Waals surface area contributed by atoms with Crippen molar-refractivity contribution in [3.05, 3.63) is 76.3 Å². The number of nitrogens with zero attached hydrogens (tertiary/aromatic N) is 2. The minimum Gasteiger partial charge on any atom is -1.00 e. The highest BCUT2D eigenvalue weighted by molar-refractivity contribution is 8.05. The van der Waals surface area contributed by atoms with Gasteiger partial charge in [0.15, 0.2) is 5.57 Å². The van der Waals surface area contributed by atoms with Crippen LogP contribution in [-0.2, 0) is 20.7 Å². The third-order valence-corrected chi connectivity index (χ3v) is 6.67. The van der Waals surface area contributed by atoms with Crippen molar-refractivity contribution in [3.8, 4) is 6.07 Å². The molecule has 2 aromatic carbocycles. The number of hydrogen-bond donors (Lipinski definition) is 2. The largest absolute Gasteiger partial charge is 1.00 e. The van der Waals surface area contributed by atoms with E-state index in [1.165, 1.54) is 16.7 Å². The molecule has 2 N–H and O–H groups in total. The van der Waals surface area contributed by atoms with Gasteiger partial charge >= 0.3 is 5.91 Å². The summed E-state index contributed by atoms with van der Waals surface area (Å²) in [4.78, 5) is 28.0. The van der Waals surface area contributed by atoms with Crippen LogP contribution in [0.3, 0.4) is 0 Å². The molecule has 0 saturated carbocycles. The summed E-state index contributed by atoms with van der Waals surface area (Å²) in [6.45, 7) is 4.38. The number of nitriles is 1. The van der Waals surface area contributed by atoms with Crippen LogP contribution in [-0.4, -0.2) is 43.4 Å². The summed E-state index contributed by atoms with van der Waals surface area (Å²) >= 11 is 1.28. The Labute approximate surface area is 208 Å². The third-order valence-electron chi connectivity index (χ3n) is 5.41. The number of morpholine rings is 1. The first-order valence-corrected chi connectivity index (χ1v) is 11.4. The van der Waals surface area contributed by atoms with Crippen molar-refractivity contribution in [1.29, 1.82) is 5.26 Å². The highest BCUT2D eigenvalue weighted by Crippen LogP contribution is 2.41. The van der Waals surface area contributed by atoms with Gasteiger partial charge in [-0.2, -0.15) is 10.7 Å². The van der Waals surface area contributed by atoms with Gasteiger partial charge in [0.25, 0.3) is 0 Å². The van der Waals surface area contributed by atoms with Crippen molar-refractivity contribution in [2.75, 3.05) is 31.2 Å². The first kappa shape index (κ1) is 25.0. The number of nitrogens with one attached hydrogen (secondary N) is 2. The molecule has 0 spiro atoms. The summed E-state index contributed by atoms with van der Waals surface area (Å²) < 4.78 is 5.33. The zero-order valence-corrected chi connectivity index (χ0v) is 20.6. The number of ether oxygens (including phenoxy) is 1. The molecule has 4 rings (SSSR count). The molecule has 0 radical (unpaired) electrons. The van der Waals surface area contributed by atoms with Crippen LogP contribution in [0.15, 0.2) is 65.2 Å². The molecular weight excluding hydrogens is 504 g/mol. The molecule has 1 atom stereocenters. The van der Waals surface area contributed by atoms with Gasteiger partial charge in [-0.1, -0.05) is 59.8 Å². The lowest BCUT2D eigenvalue weighted by Crippen LogP contribution is -3.20. The maximum Gasteiger partial charge on any atom is 0.309 e. The Kier molecular flexibility index (Phi) is 8.69. The van der Waals surface area contributed by atoms with Crippen LogP contribution in [0.5, 0.6) is 0 Å². The molecule has 1 unspecified atom stereocenters. The van der Waals surface area contributed by atoms with Crippen LogP contribution in [0.4, 0.5) is 5.69 Å².